The molecule has 2 unspecified atom stereocenters. The van der Waals surface area contributed by atoms with Crippen molar-refractivity contribution < 1.29 is 15.0 Å². The summed E-state index contributed by atoms with van der Waals surface area (Å²) < 4.78 is 0. The number of hydrogen-bond donors (Lipinski definition) is 2. The summed E-state index contributed by atoms with van der Waals surface area (Å²) in [5.74, 6) is -0.211. The van der Waals surface area contributed by atoms with Crippen molar-refractivity contribution in [2.45, 2.75) is 31.6 Å². The van der Waals surface area contributed by atoms with Gasteiger partial charge in [0.15, 0.2) is 0 Å². The number of hydrogen-bond acceptors (Lipinski definition) is 3. The zero-order chi connectivity index (χ0) is 8.85. The molecule has 0 saturated heterocycles. The number of carbonyl (C=O) groups is 1. The first-order valence-corrected chi connectivity index (χ1v) is 4.60. The van der Waals surface area contributed by atoms with Gasteiger partial charge < -0.3 is 10.2 Å². The first-order chi connectivity index (χ1) is 5.04. The van der Waals surface area contributed by atoms with E-state index in [-0.39, 0.29) is 17.8 Å². The molecule has 0 radical (unpaired) electrons. The van der Waals surface area contributed by atoms with E-state index in [2.05, 4.69) is 0 Å². The molecule has 0 rings (SSSR count). The molecule has 0 aliphatic heterocycles. The zero-order valence-electron chi connectivity index (χ0n) is 6.78. The van der Waals surface area contributed by atoms with Crippen LogP contribution in [0.15, 0.2) is 0 Å². The minimum Gasteiger partial charge on any atom is -0.481 e. The Morgan fingerprint density at radius 3 is 2.45 bits per heavy atom. The Bertz CT molecular complexity index is 125. The Balaban J connectivity index is 3.31. The van der Waals surface area contributed by atoms with Gasteiger partial charge in [-0.1, -0.05) is 6.92 Å². The molecule has 0 aromatic rings. The van der Waals surface area contributed by atoms with Crippen LogP contribution in [-0.4, -0.2) is 33.3 Å². The van der Waals surface area contributed by atoms with Gasteiger partial charge in [0.2, 0.25) is 0 Å². The maximum Gasteiger partial charge on any atom is 0.304 e. The van der Waals surface area contributed by atoms with Gasteiger partial charge in [0.05, 0.1) is 12.5 Å². The molecule has 2 atom stereocenters. The summed E-state index contributed by atoms with van der Waals surface area (Å²) in [7, 11) is 0. The smallest absolute Gasteiger partial charge is 0.304 e. The van der Waals surface area contributed by atoms with Gasteiger partial charge in [-0.3, -0.25) is 4.79 Å². The molecule has 0 spiro atoms. The Kier molecular flexibility index (Phi) is 5.32. The van der Waals surface area contributed by atoms with Crippen LogP contribution in [0.25, 0.3) is 0 Å². The Labute approximate surface area is 70.8 Å². The van der Waals surface area contributed by atoms with E-state index in [0.29, 0.717) is 5.75 Å². The van der Waals surface area contributed by atoms with E-state index >= 15 is 0 Å². The molecule has 4 heteroatoms. The first kappa shape index (κ1) is 10.8. The number of aliphatic hydroxyl groups is 1. The molecule has 0 aromatic carbocycles. The maximum atomic E-state index is 10.1. The maximum absolute atomic E-state index is 10.1. The molecule has 0 bridgehead atoms. The second-order valence-electron chi connectivity index (χ2n) is 2.46. The lowest BCUT2D eigenvalue weighted by atomic mass is 10.3. The van der Waals surface area contributed by atoms with Crippen LogP contribution >= 0.6 is 11.8 Å². The monoisotopic (exact) mass is 178 g/mol. The summed E-state index contributed by atoms with van der Waals surface area (Å²) in [5, 5.41) is 17.4. The van der Waals surface area contributed by atoms with Crippen molar-refractivity contribution in [2.24, 2.45) is 0 Å². The van der Waals surface area contributed by atoms with Crippen molar-refractivity contribution in [3.63, 3.8) is 0 Å². The average Bonchev–Trinajstić information content (AvgIpc) is 1.86. The normalized spacial score (nSPS) is 15.9. The fourth-order valence-electron chi connectivity index (χ4n) is 0.471. The Morgan fingerprint density at radius 2 is 2.09 bits per heavy atom. The highest BCUT2D eigenvalue weighted by Crippen LogP contribution is 2.14. The number of thioether (sulfide) groups is 1. The molecule has 3 nitrogen and oxygen atoms in total. The fraction of sp³-hybridized carbons (Fsp3) is 0.857. The summed E-state index contributed by atoms with van der Waals surface area (Å²) in [6.07, 6.45) is -0.198. The van der Waals surface area contributed by atoms with Crippen molar-refractivity contribution >= 4 is 17.7 Å². The molecule has 2 N–H and O–H groups in total. The standard InChI is InChI=1S/C7H14O3S/c1-5(8)6(2)11-4-3-7(9)10/h5-6,8H,3-4H2,1-2H3,(H,9,10). The number of rotatable bonds is 5. The lowest BCUT2D eigenvalue weighted by molar-refractivity contribution is -0.136. The lowest BCUT2D eigenvalue weighted by Gasteiger charge is -2.12. The predicted molar refractivity (Wildman–Crippen MR) is 45.9 cm³/mol. The van der Waals surface area contributed by atoms with E-state index in [9.17, 15) is 4.79 Å². The van der Waals surface area contributed by atoms with E-state index < -0.39 is 5.97 Å². The molecule has 0 saturated carbocycles. The van der Waals surface area contributed by atoms with Crippen LogP contribution in [0.4, 0.5) is 0 Å². The summed E-state index contributed by atoms with van der Waals surface area (Å²) >= 11 is 1.48. The minimum atomic E-state index is -0.782. The largest absolute Gasteiger partial charge is 0.481 e. The molecule has 0 aliphatic rings. The van der Waals surface area contributed by atoms with Gasteiger partial charge in [-0.25, -0.2) is 0 Å². The molecule has 11 heavy (non-hydrogen) atoms. The van der Waals surface area contributed by atoms with E-state index in [1.807, 2.05) is 6.92 Å². The molecular weight excluding hydrogens is 164 g/mol. The van der Waals surface area contributed by atoms with Gasteiger partial charge in [-0.05, 0) is 6.92 Å². The van der Waals surface area contributed by atoms with Crippen LogP contribution < -0.4 is 0 Å². The molecule has 66 valence electrons. The molecule has 0 amide bonds. The summed E-state index contributed by atoms with van der Waals surface area (Å²) in [4.78, 5) is 10.1. The Hall–Kier alpha value is -0.220. The van der Waals surface area contributed by atoms with Gasteiger partial charge in [-0.2, -0.15) is 11.8 Å². The van der Waals surface area contributed by atoms with Crippen molar-refractivity contribution in [3.05, 3.63) is 0 Å². The fourth-order valence-corrected chi connectivity index (χ4v) is 1.41. The number of carboxylic acids is 1. The van der Waals surface area contributed by atoms with Crippen LogP contribution in [0.5, 0.6) is 0 Å². The minimum absolute atomic E-state index is 0.120. The highest BCUT2D eigenvalue weighted by molar-refractivity contribution is 7.99. The number of aliphatic carboxylic acids is 1. The molecular formula is C7H14O3S. The second kappa shape index (κ2) is 5.43. The van der Waals surface area contributed by atoms with Crippen molar-refractivity contribution in [1.82, 2.24) is 0 Å². The van der Waals surface area contributed by atoms with Gasteiger partial charge in [0.25, 0.3) is 0 Å². The third-order valence-electron chi connectivity index (χ3n) is 1.38. The van der Waals surface area contributed by atoms with Crippen LogP contribution in [-0.2, 0) is 4.79 Å². The Morgan fingerprint density at radius 1 is 1.55 bits per heavy atom. The highest BCUT2D eigenvalue weighted by Gasteiger charge is 2.09. The van der Waals surface area contributed by atoms with Gasteiger partial charge in [0, 0.05) is 11.0 Å². The van der Waals surface area contributed by atoms with Crippen LogP contribution in [0.3, 0.4) is 0 Å². The van der Waals surface area contributed by atoms with E-state index in [0.717, 1.165) is 0 Å². The molecule has 0 fully saturated rings. The van der Waals surface area contributed by atoms with Crippen LogP contribution in [0, 0.1) is 0 Å². The van der Waals surface area contributed by atoms with Crippen molar-refractivity contribution in [3.8, 4) is 0 Å². The van der Waals surface area contributed by atoms with Gasteiger partial charge in [0.1, 0.15) is 0 Å². The molecule has 0 aromatic heterocycles. The molecule has 0 heterocycles. The summed E-state index contributed by atoms with van der Waals surface area (Å²) in [5.41, 5.74) is 0. The first-order valence-electron chi connectivity index (χ1n) is 3.55. The van der Waals surface area contributed by atoms with E-state index in [1.165, 1.54) is 11.8 Å². The summed E-state index contributed by atoms with van der Waals surface area (Å²) in [6, 6.07) is 0. The van der Waals surface area contributed by atoms with Crippen LogP contribution in [0.1, 0.15) is 20.3 Å². The highest BCUT2D eigenvalue weighted by atomic mass is 32.2. The SMILES string of the molecule is CC(O)C(C)SCCC(=O)O. The summed E-state index contributed by atoms with van der Waals surface area (Å²) in [6.45, 7) is 3.59. The number of carboxylic acid groups (broad SMARTS) is 1. The predicted octanol–water partition coefficient (Wildman–Crippen LogP) is 0.964. The second-order valence-corrected chi connectivity index (χ2v) is 3.95. The van der Waals surface area contributed by atoms with Gasteiger partial charge in [-0.15, -0.1) is 0 Å². The van der Waals surface area contributed by atoms with E-state index in [1.54, 1.807) is 6.92 Å². The average molecular weight is 178 g/mol. The quantitative estimate of drug-likeness (QED) is 0.658. The lowest BCUT2D eigenvalue weighted by Crippen LogP contribution is -2.16. The topological polar surface area (TPSA) is 57.5 Å². The van der Waals surface area contributed by atoms with Crippen molar-refractivity contribution in [1.29, 1.82) is 0 Å². The van der Waals surface area contributed by atoms with Crippen molar-refractivity contribution in [2.75, 3.05) is 5.75 Å². The van der Waals surface area contributed by atoms with Gasteiger partial charge >= 0.3 is 5.97 Å². The van der Waals surface area contributed by atoms with E-state index in [4.69, 9.17) is 10.2 Å². The number of aliphatic hydroxyl groups excluding tert-OH is 1. The zero-order valence-corrected chi connectivity index (χ0v) is 7.60. The third kappa shape index (κ3) is 6.19. The third-order valence-corrected chi connectivity index (χ3v) is 2.74. The van der Waals surface area contributed by atoms with Crippen LogP contribution in [0.2, 0.25) is 0 Å². The molecule has 0 aliphatic carbocycles.